The predicted molar refractivity (Wildman–Crippen MR) is 142 cm³/mol. The fourth-order valence-electron chi connectivity index (χ4n) is 4.50. The van der Waals surface area contributed by atoms with Gasteiger partial charge in [-0.2, -0.15) is 0 Å². The molecule has 0 unspecified atom stereocenters. The maximum Gasteiger partial charge on any atom is 0.354 e. The van der Waals surface area contributed by atoms with Crippen molar-refractivity contribution >= 4 is 29.8 Å². The summed E-state index contributed by atoms with van der Waals surface area (Å²) in [5.74, 6) is -0.955. The SMILES string of the molecule is CC1(C)c2ccccc2[Se]c2cc[c-]c(-c3ccccn3)c21.Cc1nc(C(=O)O)c(C)c(C)c1C.[Ir]. The second kappa shape index (κ2) is 11.2. The van der Waals surface area contributed by atoms with Crippen LogP contribution in [-0.4, -0.2) is 36.0 Å². The van der Waals surface area contributed by atoms with Crippen molar-refractivity contribution in [3.05, 3.63) is 106 Å². The van der Waals surface area contributed by atoms with E-state index in [2.05, 4.69) is 72.3 Å². The molecular weight excluding hydrogens is 692 g/mol. The third-order valence-corrected chi connectivity index (χ3v) is 9.17. The summed E-state index contributed by atoms with van der Waals surface area (Å²) in [6.45, 7) is 12.1. The Labute approximate surface area is 233 Å². The Morgan fingerprint density at radius 2 is 1.61 bits per heavy atom. The molecule has 0 bridgehead atoms. The van der Waals surface area contributed by atoms with E-state index in [4.69, 9.17) is 5.11 Å². The number of benzene rings is 2. The van der Waals surface area contributed by atoms with Crippen LogP contribution in [0.2, 0.25) is 0 Å². The fraction of sp³-hybridized carbons (Fsp3) is 0.233. The van der Waals surface area contributed by atoms with Crippen LogP contribution in [0.5, 0.6) is 0 Å². The molecule has 0 fully saturated rings. The number of fused-ring (bicyclic) bond motifs is 2. The second-order valence-corrected chi connectivity index (χ2v) is 11.5. The molecule has 36 heavy (non-hydrogen) atoms. The molecule has 5 rings (SSSR count). The number of pyridine rings is 2. The van der Waals surface area contributed by atoms with Crippen LogP contribution in [-0.2, 0) is 25.5 Å². The van der Waals surface area contributed by atoms with Gasteiger partial charge in [0.2, 0.25) is 0 Å². The Kier molecular flexibility index (Phi) is 8.69. The first-order chi connectivity index (χ1) is 16.6. The average molecular weight is 721 g/mol. The molecular formula is C30H29IrN2O2Se-. The zero-order chi connectivity index (χ0) is 25.3. The monoisotopic (exact) mass is 722 g/mol. The Bertz CT molecular complexity index is 1420. The first-order valence-electron chi connectivity index (χ1n) is 11.5. The molecule has 0 saturated heterocycles. The van der Waals surface area contributed by atoms with Crippen LogP contribution in [0, 0.1) is 33.8 Å². The third-order valence-electron chi connectivity index (χ3n) is 6.79. The van der Waals surface area contributed by atoms with Gasteiger partial charge in [0.25, 0.3) is 0 Å². The summed E-state index contributed by atoms with van der Waals surface area (Å²) < 4.78 is 2.95. The van der Waals surface area contributed by atoms with Crippen molar-refractivity contribution in [2.75, 3.05) is 0 Å². The molecule has 187 valence electrons. The second-order valence-electron chi connectivity index (χ2n) is 9.26. The summed E-state index contributed by atoms with van der Waals surface area (Å²) in [4.78, 5) is 19.4. The normalized spacial score (nSPS) is 12.8. The number of hydrogen-bond acceptors (Lipinski definition) is 3. The van der Waals surface area contributed by atoms with Gasteiger partial charge < -0.3 is 5.11 Å². The molecule has 1 aliphatic heterocycles. The summed E-state index contributed by atoms with van der Waals surface area (Å²) >= 11 is 0.347. The van der Waals surface area contributed by atoms with E-state index in [1.54, 1.807) is 6.92 Å². The van der Waals surface area contributed by atoms with Crippen LogP contribution in [0.3, 0.4) is 0 Å². The Balaban J connectivity index is 0.000000223. The van der Waals surface area contributed by atoms with E-state index < -0.39 is 5.97 Å². The van der Waals surface area contributed by atoms with Gasteiger partial charge in [-0.25, -0.2) is 9.78 Å². The standard InChI is InChI=1S/C20H16NSe.C10H13NO2.Ir/c1-20(2)15-9-3-4-11-17(15)22-18-12-7-8-14(19(18)20)16-10-5-6-13-21-16;1-5-6(2)8(4)11-9(7(5)3)10(12)13;/h3-7,9-13H,1-2H3;1-4H3,(H,12,13);/q-1;;. The van der Waals surface area contributed by atoms with Crippen molar-refractivity contribution in [3.8, 4) is 11.3 Å². The summed E-state index contributed by atoms with van der Waals surface area (Å²) in [5, 5.41) is 8.84. The van der Waals surface area contributed by atoms with Gasteiger partial charge in [0.05, 0.1) is 0 Å². The van der Waals surface area contributed by atoms with Gasteiger partial charge in [-0.3, -0.25) is 0 Å². The van der Waals surface area contributed by atoms with E-state index in [1.807, 2.05) is 39.1 Å². The third kappa shape index (κ3) is 5.23. The van der Waals surface area contributed by atoms with Crippen LogP contribution in [0.4, 0.5) is 0 Å². The molecule has 2 aromatic carbocycles. The van der Waals surface area contributed by atoms with Gasteiger partial charge in [-0.05, 0) is 44.4 Å². The molecule has 0 amide bonds. The maximum absolute atomic E-state index is 10.8. The van der Waals surface area contributed by atoms with Gasteiger partial charge >= 0.3 is 143 Å². The Hall–Kier alpha value is -2.62. The number of rotatable bonds is 2. The zero-order valence-corrected chi connectivity index (χ0v) is 25.4. The van der Waals surface area contributed by atoms with Crippen LogP contribution in [0.1, 0.15) is 57.8 Å². The van der Waals surface area contributed by atoms with Crippen LogP contribution < -0.4 is 8.92 Å². The predicted octanol–water partition coefficient (Wildman–Crippen LogP) is 4.85. The Morgan fingerprint density at radius 3 is 2.28 bits per heavy atom. The van der Waals surface area contributed by atoms with Crippen molar-refractivity contribution < 1.29 is 30.0 Å². The molecule has 0 saturated carbocycles. The van der Waals surface area contributed by atoms with Gasteiger partial charge in [-0.1, -0.05) is 0 Å². The first kappa shape index (κ1) is 28.0. The molecule has 2 aromatic heterocycles. The maximum atomic E-state index is 10.8. The van der Waals surface area contributed by atoms with Gasteiger partial charge in [-0.15, -0.1) is 0 Å². The minimum absolute atomic E-state index is 0. The van der Waals surface area contributed by atoms with Crippen LogP contribution in [0.15, 0.2) is 60.8 Å². The van der Waals surface area contributed by atoms with E-state index in [1.165, 1.54) is 20.1 Å². The summed E-state index contributed by atoms with van der Waals surface area (Å²) in [7, 11) is 0. The average Bonchev–Trinajstić information content (AvgIpc) is 2.85. The van der Waals surface area contributed by atoms with Gasteiger partial charge in [0, 0.05) is 25.8 Å². The van der Waals surface area contributed by atoms with E-state index >= 15 is 0 Å². The van der Waals surface area contributed by atoms with Gasteiger partial charge in [0.15, 0.2) is 5.69 Å². The quantitative estimate of drug-likeness (QED) is 0.238. The molecule has 1 aliphatic rings. The van der Waals surface area contributed by atoms with E-state index in [0.29, 0.717) is 15.0 Å². The number of nitrogens with zero attached hydrogens (tertiary/aromatic N) is 2. The molecule has 1 N–H and O–H groups in total. The summed E-state index contributed by atoms with van der Waals surface area (Å²) in [6, 6.07) is 22.7. The molecule has 0 spiro atoms. The number of carboxylic acid groups (broad SMARTS) is 1. The van der Waals surface area contributed by atoms with E-state index in [9.17, 15) is 4.79 Å². The van der Waals surface area contributed by atoms with Crippen molar-refractivity contribution in [2.24, 2.45) is 0 Å². The fourth-order valence-corrected chi connectivity index (χ4v) is 7.46. The molecule has 6 heteroatoms. The van der Waals surface area contributed by atoms with Crippen molar-refractivity contribution in [1.82, 2.24) is 9.97 Å². The number of aryl methyl sites for hydroxylation is 1. The van der Waals surface area contributed by atoms with Crippen molar-refractivity contribution in [2.45, 2.75) is 47.0 Å². The number of hydrogen-bond donors (Lipinski definition) is 1. The number of carboxylic acids is 1. The van der Waals surface area contributed by atoms with Crippen molar-refractivity contribution in [1.29, 1.82) is 0 Å². The Morgan fingerprint density at radius 1 is 0.917 bits per heavy atom. The van der Waals surface area contributed by atoms with E-state index in [0.717, 1.165) is 33.6 Å². The summed E-state index contributed by atoms with van der Waals surface area (Å²) in [6.07, 6.45) is 1.86. The number of aromatic carboxylic acids is 1. The van der Waals surface area contributed by atoms with E-state index in [-0.39, 0.29) is 31.2 Å². The molecule has 0 atom stereocenters. The molecule has 0 aliphatic carbocycles. The molecule has 4 nitrogen and oxygen atoms in total. The molecule has 3 heterocycles. The minimum atomic E-state index is -0.955. The first-order valence-corrected chi connectivity index (χ1v) is 13.3. The smallest absolute Gasteiger partial charge is 0.354 e. The molecule has 1 radical (unpaired) electrons. The molecule has 4 aromatic rings. The summed E-state index contributed by atoms with van der Waals surface area (Å²) in [5.41, 5.74) is 8.80. The largest absolute Gasteiger partial charge is 0.477 e. The minimum Gasteiger partial charge on any atom is -0.477 e. The zero-order valence-electron chi connectivity index (χ0n) is 21.3. The van der Waals surface area contributed by atoms with Crippen LogP contribution >= 0.6 is 0 Å². The topological polar surface area (TPSA) is 63.1 Å². The number of carbonyl (C=O) groups is 1. The number of aromatic nitrogens is 2. The van der Waals surface area contributed by atoms with Gasteiger partial charge in [0.1, 0.15) is 0 Å². The van der Waals surface area contributed by atoms with Crippen LogP contribution in [0.25, 0.3) is 11.3 Å². The van der Waals surface area contributed by atoms with Crippen molar-refractivity contribution in [3.63, 3.8) is 0 Å².